The molecule has 0 saturated heterocycles. The number of phenols is 1. The van der Waals surface area contributed by atoms with Crippen LogP contribution in [0.15, 0.2) is 23.2 Å². The number of hydrogen-bond donors (Lipinski definition) is 2. The van der Waals surface area contributed by atoms with Crippen LogP contribution in [0.2, 0.25) is 0 Å². The average Bonchev–Trinajstić information content (AvgIpc) is 2.13. The van der Waals surface area contributed by atoms with Gasteiger partial charge in [0.25, 0.3) is 0 Å². The number of para-hydroxylation sites is 1. The van der Waals surface area contributed by atoms with Crippen molar-refractivity contribution in [1.82, 2.24) is 0 Å². The summed E-state index contributed by atoms with van der Waals surface area (Å²) in [6.45, 7) is 2.98. The van der Waals surface area contributed by atoms with Gasteiger partial charge in [0, 0.05) is 18.3 Å². The Labute approximate surface area is 77.9 Å². The minimum Gasteiger partial charge on any atom is -0.507 e. The maximum absolute atomic E-state index is 9.57. The molecule has 0 fully saturated rings. The molecule has 0 saturated carbocycles. The normalized spacial score (nSPS) is 10.9. The zero-order valence-electron chi connectivity index (χ0n) is 7.70. The molecule has 0 unspecified atom stereocenters. The molecule has 1 aromatic rings. The first-order valence-corrected chi connectivity index (χ1v) is 4.24. The lowest BCUT2D eigenvalue weighted by atomic mass is 10.1. The van der Waals surface area contributed by atoms with Gasteiger partial charge in [-0.25, -0.2) is 0 Å². The maximum Gasteiger partial charge on any atom is 0.127 e. The third-order valence-electron chi connectivity index (χ3n) is 1.76. The molecule has 0 bridgehead atoms. The zero-order chi connectivity index (χ0) is 9.68. The molecule has 70 valence electrons. The van der Waals surface area contributed by atoms with E-state index in [1.807, 2.05) is 25.1 Å². The predicted molar refractivity (Wildman–Crippen MR) is 54.4 cm³/mol. The van der Waals surface area contributed by atoms with E-state index < -0.39 is 0 Å². The van der Waals surface area contributed by atoms with E-state index in [9.17, 15) is 5.11 Å². The van der Waals surface area contributed by atoms with Gasteiger partial charge in [-0.05, 0) is 18.6 Å². The average molecular weight is 178 g/mol. The van der Waals surface area contributed by atoms with E-state index in [0.29, 0.717) is 18.8 Å². The highest BCUT2D eigenvalue weighted by Gasteiger charge is 1.99. The number of rotatable bonds is 3. The van der Waals surface area contributed by atoms with Crippen molar-refractivity contribution >= 4 is 6.21 Å². The van der Waals surface area contributed by atoms with Crippen molar-refractivity contribution in [2.45, 2.75) is 6.92 Å². The number of nitrogens with two attached hydrogens (primary N) is 1. The third-order valence-corrected chi connectivity index (χ3v) is 1.76. The Morgan fingerprint density at radius 3 is 3.00 bits per heavy atom. The van der Waals surface area contributed by atoms with Crippen LogP contribution in [0.1, 0.15) is 11.1 Å². The summed E-state index contributed by atoms with van der Waals surface area (Å²) in [6, 6.07) is 5.57. The largest absolute Gasteiger partial charge is 0.507 e. The lowest BCUT2D eigenvalue weighted by Crippen LogP contribution is -2.02. The monoisotopic (exact) mass is 178 g/mol. The SMILES string of the molecule is Cc1cccc(C=NCCN)c1O. The molecule has 0 aliphatic heterocycles. The Kier molecular flexibility index (Phi) is 3.46. The number of aromatic hydroxyl groups is 1. The number of aryl methyl sites for hydroxylation is 1. The Bertz CT molecular complexity index is 308. The van der Waals surface area contributed by atoms with Gasteiger partial charge >= 0.3 is 0 Å². The second-order valence-electron chi connectivity index (χ2n) is 2.84. The summed E-state index contributed by atoms with van der Waals surface area (Å²) in [5, 5.41) is 9.57. The molecule has 0 aliphatic carbocycles. The first-order valence-electron chi connectivity index (χ1n) is 4.24. The van der Waals surface area contributed by atoms with Gasteiger partial charge in [0.15, 0.2) is 0 Å². The van der Waals surface area contributed by atoms with E-state index in [1.54, 1.807) is 6.21 Å². The summed E-state index contributed by atoms with van der Waals surface area (Å²) in [7, 11) is 0. The zero-order valence-corrected chi connectivity index (χ0v) is 7.70. The van der Waals surface area contributed by atoms with Gasteiger partial charge in [0.05, 0.1) is 6.54 Å². The number of nitrogens with zero attached hydrogens (tertiary/aromatic N) is 1. The van der Waals surface area contributed by atoms with Crippen LogP contribution in [0, 0.1) is 6.92 Å². The molecule has 0 radical (unpaired) electrons. The summed E-state index contributed by atoms with van der Waals surface area (Å²) in [6.07, 6.45) is 1.65. The molecule has 13 heavy (non-hydrogen) atoms. The summed E-state index contributed by atoms with van der Waals surface area (Å²) in [4.78, 5) is 4.05. The van der Waals surface area contributed by atoms with Gasteiger partial charge in [0.1, 0.15) is 5.75 Å². The second kappa shape index (κ2) is 4.62. The predicted octanol–water partition coefficient (Wildman–Crippen LogP) is 1.08. The molecule has 3 heteroatoms. The fraction of sp³-hybridized carbons (Fsp3) is 0.300. The molecule has 1 aromatic carbocycles. The molecule has 0 aromatic heterocycles. The molecule has 3 nitrogen and oxygen atoms in total. The lowest BCUT2D eigenvalue weighted by Gasteiger charge is -2.00. The summed E-state index contributed by atoms with van der Waals surface area (Å²) < 4.78 is 0. The number of phenolic OH excluding ortho intramolecular Hbond substituents is 1. The highest BCUT2D eigenvalue weighted by molar-refractivity contribution is 5.83. The summed E-state index contributed by atoms with van der Waals surface area (Å²) in [5.41, 5.74) is 6.89. The fourth-order valence-corrected chi connectivity index (χ4v) is 1.02. The Morgan fingerprint density at radius 1 is 1.54 bits per heavy atom. The van der Waals surface area contributed by atoms with Crippen molar-refractivity contribution in [1.29, 1.82) is 0 Å². The van der Waals surface area contributed by atoms with E-state index in [0.717, 1.165) is 11.1 Å². The molecule has 0 amide bonds. The second-order valence-corrected chi connectivity index (χ2v) is 2.84. The van der Waals surface area contributed by atoms with E-state index in [2.05, 4.69) is 4.99 Å². The molecular formula is C10H14N2O. The lowest BCUT2D eigenvalue weighted by molar-refractivity contribution is 0.470. The smallest absolute Gasteiger partial charge is 0.127 e. The van der Waals surface area contributed by atoms with Crippen molar-refractivity contribution in [3.8, 4) is 5.75 Å². The van der Waals surface area contributed by atoms with Crippen molar-refractivity contribution in [3.63, 3.8) is 0 Å². The first-order chi connectivity index (χ1) is 6.25. The van der Waals surface area contributed by atoms with Gasteiger partial charge < -0.3 is 10.8 Å². The summed E-state index contributed by atoms with van der Waals surface area (Å²) in [5.74, 6) is 0.295. The van der Waals surface area contributed by atoms with Gasteiger partial charge in [0.2, 0.25) is 0 Å². The van der Waals surface area contributed by atoms with Crippen molar-refractivity contribution in [3.05, 3.63) is 29.3 Å². The van der Waals surface area contributed by atoms with Gasteiger partial charge in [-0.15, -0.1) is 0 Å². The Morgan fingerprint density at radius 2 is 2.31 bits per heavy atom. The quantitative estimate of drug-likeness (QED) is 0.680. The Hall–Kier alpha value is -1.35. The molecule has 0 heterocycles. The van der Waals surface area contributed by atoms with E-state index in [-0.39, 0.29) is 0 Å². The van der Waals surface area contributed by atoms with Crippen LogP contribution in [0.4, 0.5) is 0 Å². The molecule has 3 N–H and O–H groups in total. The Balaban J connectivity index is 2.83. The topological polar surface area (TPSA) is 58.6 Å². The molecule has 0 aliphatic rings. The van der Waals surface area contributed by atoms with Gasteiger partial charge in [-0.3, -0.25) is 4.99 Å². The van der Waals surface area contributed by atoms with Gasteiger partial charge in [-0.2, -0.15) is 0 Å². The summed E-state index contributed by atoms with van der Waals surface area (Å²) >= 11 is 0. The minimum atomic E-state index is 0.295. The maximum atomic E-state index is 9.57. The highest BCUT2D eigenvalue weighted by atomic mass is 16.3. The molecular weight excluding hydrogens is 164 g/mol. The highest BCUT2D eigenvalue weighted by Crippen LogP contribution is 2.19. The number of aliphatic imine (C=N–C) groups is 1. The molecule has 0 atom stereocenters. The number of benzene rings is 1. The molecule has 0 spiro atoms. The van der Waals surface area contributed by atoms with Crippen LogP contribution in [-0.4, -0.2) is 24.4 Å². The van der Waals surface area contributed by atoms with Crippen LogP contribution in [0.3, 0.4) is 0 Å². The van der Waals surface area contributed by atoms with Crippen LogP contribution in [-0.2, 0) is 0 Å². The van der Waals surface area contributed by atoms with Crippen molar-refractivity contribution < 1.29 is 5.11 Å². The van der Waals surface area contributed by atoms with E-state index in [1.165, 1.54) is 0 Å². The van der Waals surface area contributed by atoms with Crippen LogP contribution in [0.25, 0.3) is 0 Å². The van der Waals surface area contributed by atoms with Crippen molar-refractivity contribution in [2.75, 3.05) is 13.1 Å². The van der Waals surface area contributed by atoms with Crippen LogP contribution < -0.4 is 5.73 Å². The molecule has 1 rings (SSSR count). The fourth-order valence-electron chi connectivity index (χ4n) is 1.02. The van der Waals surface area contributed by atoms with E-state index >= 15 is 0 Å². The standard InChI is InChI=1S/C10H14N2O/c1-8-3-2-4-9(10(8)13)7-12-6-5-11/h2-4,7,13H,5-6,11H2,1H3. The number of hydrogen-bond acceptors (Lipinski definition) is 3. The van der Waals surface area contributed by atoms with E-state index in [4.69, 9.17) is 5.73 Å². The first kappa shape index (κ1) is 9.74. The van der Waals surface area contributed by atoms with Crippen molar-refractivity contribution in [2.24, 2.45) is 10.7 Å². The minimum absolute atomic E-state index is 0.295. The third kappa shape index (κ3) is 2.56. The van der Waals surface area contributed by atoms with Crippen LogP contribution >= 0.6 is 0 Å². The van der Waals surface area contributed by atoms with Crippen LogP contribution in [0.5, 0.6) is 5.75 Å². The van der Waals surface area contributed by atoms with Gasteiger partial charge in [-0.1, -0.05) is 12.1 Å².